The van der Waals surface area contributed by atoms with Gasteiger partial charge < -0.3 is 19.3 Å². The smallest absolute Gasteiger partial charge is 0.314 e. The Bertz CT molecular complexity index is 809. The van der Waals surface area contributed by atoms with Gasteiger partial charge in [-0.2, -0.15) is 0 Å². The standard InChI is InChI=1S/C17H19N5O5/c1-26-13-3-4-15(14(11-13)22(24)25)27-12-16(23)20-7-9-21(10-8-20)17-18-5-2-6-19-17/h2-6,11H,7-10,12H2,1H3. The Balaban J connectivity index is 1.55. The Morgan fingerprint density at radius 1 is 1.22 bits per heavy atom. The first-order valence-corrected chi connectivity index (χ1v) is 8.33. The average molecular weight is 373 g/mol. The molecule has 0 spiro atoms. The summed E-state index contributed by atoms with van der Waals surface area (Å²) in [4.78, 5) is 35.0. The lowest BCUT2D eigenvalue weighted by atomic mass is 10.3. The van der Waals surface area contributed by atoms with E-state index in [-0.39, 0.29) is 24.0 Å². The summed E-state index contributed by atoms with van der Waals surface area (Å²) in [7, 11) is 1.42. The number of hydrogen-bond donors (Lipinski definition) is 0. The van der Waals surface area contributed by atoms with Crippen LogP contribution in [0, 0.1) is 10.1 Å². The van der Waals surface area contributed by atoms with Crippen molar-refractivity contribution in [2.75, 3.05) is 44.8 Å². The van der Waals surface area contributed by atoms with Crippen LogP contribution < -0.4 is 14.4 Å². The van der Waals surface area contributed by atoms with Crippen molar-refractivity contribution in [2.45, 2.75) is 0 Å². The van der Waals surface area contributed by atoms with Crippen molar-refractivity contribution in [1.29, 1.82) is 0 Å². The molecule has 2 aromatic rings. The number of anilines is 1. The van der Waals surface area contributed by atoms with Gasteiger partial charge in [0.15, 0.2) is 12.4 Å². The van der Waals surface area contributed by atoms with Gasteiger partial charge >= 0.3 is 5.69 Å². The van der Waals surface area contributed by atoms with Crippen LogP contribution in [0.4, 0.5) is 11.6 Å². The molecule has 0 aliphatic carbocycles. The Morgan fingerprint density at radius 2 is 1.93 bits per heavy atom. The molecule has 0 unspecified atom stereocenters. The summed E-state index contributed by atoms with van der Waals surface area (Å²) in [5, 5.41) is 11.2. The Labute approximate surface area is 155 Å². The maximum absolute atomic E-state index is 12.4. The monoisotopic (exact) mass is 373 g/mol. The van der Waals surface area contributed by atoms with E-state index in [2.05, 4.69) is 9.97 Å². The van der Waals surface area contributed by atoms with Gasteiger partial charge in [0, 0.05) is 38.6 Å². The van der Waals surface area contributed by atoms with E-state index in [9.17, 15) is 14.9 Å². The third kappa shape index (κ3) is 4.40. The lowest BCUT2D eigenvalue weighted by Crippen LogP contribution is -2.50. The maximum Gasteiger partial charge on any atom is 0.314 e. The minimum Gasteiger partial charge on any atom is -0.496 e. The predicted octanol–water partition coefficient (Wildman–Crippen LogP) is 1.12. The molecule has 0 bridgehead atoms. The Kier molecular flexibility index (Phi) is 5.64. The summed E-state index contributed by atoms with van der Waals surface area (Å²) in [6.45, 7) is 1.96. The zero-order valence-corrected chi connectivity index (χ0v) is 14.8. The van der Waals surface area contributed by atoms with Crippen molar-refractivity contribution in [3.63, 3.8) is 0 Å². The highest BCUT2D eigenvalue weighted by Gasteiger charge is 2.24. The van der Waals surface area contributed by atoms with Crippen LogP contribution in [0.15, 0.2) is 36.7 Å². The zero-order valence-electron chi connectivity index (χ0n) is 14.8. The van der Waals surface area contributed by atoms with E-state index in [0.29, 0.717) is 37.9 Å². The lowest BCUT2D eigenvalue weighted by molar-refractivity contribution is -0.385. The van der Waals surface area contributed by atoms with E-state index in [1.807, 2.05) is 4.90 Å². The Hall–Kier alpha value is -3.43. The SMILES string of the molecule is COc1ccc(OCC(=O)N2CCN(c3ncccn3)CC2)c([N+](=O)[O-])c1. The molecule has 2 heterocycles. The fourth-order valence-electron chi connectivity index (χ4n) is 2.73. The fourth-order valence-corrected chi connectivity index (χ4v) is 2.73. The number of benzene rings is 1. The molecule has 1 aliphatic heterocycles. The first kappa shape index (κ1) is 18.4. The summed E-state index contributed by atoms with van der Waals surface area (Å²) in [6.07, 6.45) is 3.35. The Morgan fingerprint density at radius 3 is 2.56 bits per heavy atom. The normalized spacial score (nSPS) is 14.0. The molecule has 1 aromatic carbocycles. The molecular weight excluding hydrogens is 354 g/mol. The van der Waals surface area contributed by atoms with E-state index in [0.717, 1.165) is 0 Å². The topological polar surface area (TPSA) is 111 Å². The highest BCUT2D eigenvalue weighted by molar-refractivity contribution is 5.78. The van der Waals surface area contributed by atoms with Gasteiger partial charge in [0.2, 0.25) is 5.95 Å². The number of nitro groups is 1. The van der Waals surface area contributed by atoms with Gasteiger partial charge in [-0.15, -0.1) is 0 Å². The molecule has 10 heteroatoms. The van der Waals surface area contributed by atoms with Crippen LogP contribution in [0.3, 0.4) is 0 Å². The molecule has 142 valence electrons. The highest BCUT2D eigenvalue weighted by atomic mass is 16.6. The first-order chi connectivity index (χ1) is 13.1. The van der Waals surface area contributed by atoms with Gasteiger partial charge in [0.25, 0.3) is 5.91 Å². The molecular formula is C17H19N5O5. The van der Waals surface area contributed by atoms with E-state index < -0.39 is 4.92 Å². The number of hydrogen-bond acceptors (Lipinski definition) is 8. The molecule has 0 saturated carbocycles. The number of carbonyl (C=O) groups excluding carboxylic acids is 1. The molecule has 27 heavy (non-hydrogen) atoms. The minimum absolute atomic E-state index is 0.0328. The average Bonchev–Trinajstić information content (AvgIpc) is 2.72. The zero-order chi connectivity index (χ0) is 19.2. The van der Waals surface area contributed by atoms with E-state index >= 15 is 0 Å². The summed E-state index contributed by atoms with van der Waals surface area (Å²) in [6, 6.07) is 5.98. The van der Waals surface area contributed by atoms with Crippen molar-refractivity contribution in [3.8, 4) is 11.5 Å². The number of methoxy groups -OCH3 is 1. The van der Waals surface area contributed by atoms with E-state index in [4.69, 9.17) is 9.47 Å². The van der Waals surface area contributed by atoms with E-state index in [1.54, 1.807) is 29.4 Å². The van der Waals surface area contributed by atoms with Crippen LogP contribution in [-0.2, 0) is 4.79 Å². The van der Waals surface area contributed by atoms with Crippen LogP contribution in [0.25, 0.3) is 0 Å². The molecule has 3 rings (SSSR count). The second kappa shape index (κ2) is 8.30. The van der Waals surface area contributed by atoms with Gasteiger partial charge in [-0.05, 0) is 18.2 Å². The van der Waals surface area contributed by atoms with Crippen molar-refractivity contribution >= 4 is 17.5 Å². The molecule has 1 fully saturated rings. The number of nitro benzene ring substituents is 1. The van der Waals surface area contributed by atoms with E-state index in [1.165, 1.54) is 19.2 Å². The molecule has 1 saturated heterocycles. The molecule has 0 N–H and O–H groups in total. The maximum atomic E-state index is 12.4. The van der Waals surface area contributed by atoms with Crippen molar-refractivity contribution in [1.82, 2.24) is 14.9 Å². The van der Waals surface area contributed by atoms with Crippen molar-refractivity contribution in [3.05, 3.63) is 46.8 Å². The second-order valence-corrected chi connectivity index (χ2v) is 5.80. The number of carbonyl (C=O) groups is 1. The number of rotatable bonds is 6. The lowest BCUT2D eigenvalue weighted by Gasteiger charge is -2.34. The van der Waals surface area contributed by atoms with Gasteiger partial charge in [-0.25, -0.2) is 9.97 Å². The number of nitrogens with zero attached hydrogens (tertiary/aromatic N) is 5. The molecule has 1 aliphatic rings. The predicted molar refractivity (Wildman–Crippen MR) is 96.0 cm³/mol. The number of ether oxygens (including phenoxy) is 2. The fraction of sp³-hybridized carbons (Fsp3) is 0.353. The molecule has 0 atom stereocenters. The van der Waals surface area contributed by atoms with Gasteiger partial charge in [0.05, 0.1) is 18.1 Å². The minimum atomic E-state index is -0.568. The van der Waals surface area contributed by atoms with Crippen LogP contribution in [0.1, 0.15) is 0 Å². The molecule has 1 amide bonds. The summed E-state index contributed by atoms with van der Waals surface area (Å²) >= 11 is 0. The molecule has 1 aromatic heterocycles. The molecule has 10 nitrogen and oxygen atoms in total. The third-order valence-electron chi connectivity index (χ3n) is 4.18. The van der Waals surface area contributed by atoms with Crippen LogP contribution >= 0.6 is 0 Å². The van der Waals surface area contributed by atoms with Crippen LogP contribution in [-0.4, -0.2) is 65.6 Å². The summed E-state index contributed by atoms with van der Waals surface area (Å²) < 4.78 is 10.4. The largest absolute Gasteiger partial charge is 0.496 e. The highest BCUT2D eigenvalue weighted by Crippen LogP contribution is 2.31. The molecule has 0 radical (unpaired) electrons. The van der Waals surface area contributed by atoms with Crippen LogP contribution in [0.5, 0.6) is 11.5 Å². The van der Waals surface area contributed by atoms with Crippen molar-refractivity contribution < 1.29 is 19.2 Å². The quantitative estimate of drug-likeness (QED) is 0.547. The number of piperazine rings is 1. The van der Waals surface area contributed by atoms with Gasteiger partial charge in [0.1, 0.15) is 5.75 Å². The summed E-state index contributed by atoms with van der Waals surface area (Å²) in [5.74, 6) is 0.786. The third-order valence-corrected chi connectivity index (χ3v) is 4.18. The van der Waals surface area contributed by atoms with Crippen molar-refractivity contribution in [2.24, 2.45) is 0 Å². The first-order valence-electron chi connectivity index (χ1n) is 8.33. The second-order valence-electron chi connectivity index (χ2n) is 5.80. The number of amides is 1. The van der Waals surface area contributed by atoms with Gasteiger partial charge in [-0.1, -0.05) is 0 Å². The van der Waals surface area contributed by atoms with Crippen LogP contribution in [0.2, 0.25) is 0 Å². The van der Waals surface area contributed by atoms with Gasteiger partial charge in [-0.3, -0.25) is 14.9 Å². The summed E-state index contributed by atoms with van der Waals surface area (Å²) in [5.41, 5.74) is -0.242. The number of aromatic nitrogens is 2.